The Balaban J connectivity index is 2.52. The Kier molecular flexibility index (Phi) is 8.35. The normalized spacial score (nSPS) is 16.3. The molecule has 4 nitrogen and oxygen atoms in total. The molecule has 1 aromatic carbocycles. The van der Waals surface area contributed by atoms with Crippen molar-refractivity contribution in [2.75, 3.05) is 13.7 Å². The molecule has 174 valence electrons. The smallest absolute Gasteiger partial charge is 0.367 e. The second-order valence-electron chi connectivity index (χ2n) is 8.53. The molecule has 0 unspecified atom stereocenters. The summed E-state index contributed by atoms with van der Waals surface area (Å²) in [5.41, 5.74) is 3.46. The number of carbonyl (C=O) groups excluding carboxylic acids is 1. The third-order valence-electron chi connectivity index (χ3n) is 5.10. The van der Waals surface area contributed by atoms with E-state index in [1.54, 1.807) is 20.1 Å². The van der Waals surface area contributed by atoms with Crippen molar-refractivity contribution in [3.05, 3.63) is 57.9 Å². The van der Waals surface area contributed by atoms with Gasteiger partial charge in [0.2, 0.25) is 5.83 Å². The highest BCUT2D eigenvalue weighted by atomic mass is 35.5. The molecule has 32 heavy (non-hydrogen) atoms. The zero-order valence-electron chi connectivity index (χ0n) is 20.1. The Morgan fingerprint density at radius 1 is 1.31 bits per heavy atom. The second kappa shape index (κ2) is 10.4. The lowest BCUT2D eigenvalue weighted by Crippen LogP contribution is -2.30. The molecule has 0 aromatic heterocycles. The average molecular weight is 463 g/mol. The Labute approximate surface area is 195 Å². The van der Waals surface area contributed by atoms with Gasteiger partial charge in [0.15, 0.2) is 5.75 Å². The van der Waals surface area contributed by atoms with Gasteiger partial charge >= 0.3 is 5.97 Å². The minimum atomic E-state index is -0.964. The summed E-state index contributed by atoms with van der Waals surface area (Å²) in [6.45, 7) is 13.4. The molecule has 0 spiro atoms. The number of esters is 1. The number of benzene rings is 1. The zero-order chi connectivity index (χ0) is 24.2. The van der Waals surface area contributed by atoms with Crippen LogP contribution in [0.2, 0.25) is 5.02 Å². The van der Waals surface area contributed by atoms with Crippen LogP contribution in [0.5, 0.6) is 11.5 Å². The van der Waals surface area contributed by atoms with Gasteiger partial charge in [-0.2, -0.15) is 4.39 Å². The van der Waals surface area contributed by atoms with Gasteiger partial charge in [-0.3, -0.25) is 0 Å². The van der Waals surface area contributed by atoms with Crippen molar-refractivity contribution >= 4 is 28.7 Å². The third kappa shape index (κ3) is 5.63. The number of hydrogen-bond acceptors (Lipinski definition) is 4. The van der Waals surface area contributed by atoms with Crippen molar-refractivity contribution in [1.29, 1.82) is 0 Å². The Morgan fingerprint density at radius 3 is 2.53 bits per heavy atom. The maximum atomic E-state index is 14.0. The second-order valence-corrected chi connectivity index (χ2v) is 8.91. The van der Waals surface area contributed by atoms with Gasteiger partial charge in [-0.15, -0.1) is 0 Å². The van der Waals surface area contributed by atoms with E-state index >= 15 is 0 Å². The first-order chi connectivity index (χ1) is 14.9. The number of ether oxygens (including phenoxy) is 3. The molecule has 1 aliphatic rings. The summed E-state index contributed by atoms with van der Waals surface area (Å²) in [5.74, 6) is -0.470. The number of methoxy groups -OCH3 is 1. The predicted octanol–water partition coefficient (Wildman–Crippen LogP) is 7.33. The Morgan fingerprint density at radius 2 is 1.97 bits per heavy atom. The number of fused-ring (bicyclic) bond motifs is 1. The van der Waals surface area contributed by atoms with E-state index in [0.29, 0.717) is 16.5 Å². The molecule has 0 radical (unpaired) electrons. The first-order valence-electron chi connectivity index (χ1n) is 10.6. The van der Waals surface area contributed by atoms with Gasteiger partial charge in [-0.25, -0.2) is 4.79 Å². The van der Waals surface area contributed by atoms with Gasteiger partial charge in [-0.1, -0.05) is 43.7 Å². The summed E-state index contributed by atoms with van der Waals surface area (Å²) in [5, 5.41) is 0.417. The highest BCUT2D eigenvalue weighted by Gasteiger charge is 2.32. The van der Waals surface area contributed by atoms with Gasteiger partial charge in [0.1, 0.15) is 16.4 Å². The van der Waals surface area contributed by atoms with Crippen molar-refractivity contribution in [2.45, 2.75) is 54.1 Å². The van der Waals surface area contributed by atoms with Crippen LogP contribution in [0.15, 0.2) is 41.8 Å². The molecule has 0 N–H and O–H groups in total. The van der Waals surface area contributed by atoms with Gasteiger partial charge in [0.05, 0.1) is 13.7 Å². The van der Waals surface area contributed by atoms with Crippen LogP contribution in [0.1, 0.15) is 59.6 Å². The van der Waals surface area contributed by atoms with Crippen LogP contribution in [-0.4, -0.2) is 25.3 Å². The summed E-state index contributed by atoms with van der Waals surface area (Å²) in [7, 11) is 1.56. The fourth-order valence-electron chi connectivity index (χ4n) is 3.50. The van der Waals surface area contributed by atoms with E-state index < -0.39 is 17.4 Å². The zero-order valence-corrected chi connectivity index (χ0v) is 20.8. The number of hydrogen-bond donors (Lipinski definition) is 0. The Hall–Kier alpha value is -2.53. The molecule has 0 bridgehead atoms. The lowest BCUT2D eigenvalue weighted by molar-refractivity contribution is -0.140. The Bertz CT molecular complexity index is 1010. The van der Waals surface area contributed by atoms with Crippen LogP contribution in [0, 0.1) is 5.92 Å². The summed E-state index contributed by atoms with van der Waals surface area (Å²) >= 11 is 6.73. The predicted molar refractivity (Wildman–Crippen MR) is 129 cm³/mol. The summed E-state index contributed by atoms with van der Waals surface area (Å²) < 4.78 is 30.5. The van der Waals surface area contributed by atoms with E-state index in [2.05, 4.69) is 19.9 Å². The number of halogens is 2. The van der Waals surface area contributed by atoms with Crippen molar-refractivity contribution in [1.82, 2.24) is 0 Å². The highest BCUT2D eigenvalue weighted by molar-refractivity contribution is 6.34. The molecule has 0 saturated carbocycles. The number of rotatable bonds is 7. The van der Waals surface area contributed by atoms with Gasteiger partial charge < -0.3 is 14.2 Å². The first kappa shape index (κ1) is 25.7. The standard InChI is InChI=1S/C26H32ClFO4/c1-9-31-25(29)22(28)17(5)12-10-11-16(4)18-13-19-20(15(2)3)14-26(6,7)32-24(19)21(27)23(18)30-8/h10-15H,9H2,1-8H3/b12-10+,16-11+,22-17+. The molecule has 0 aliphatic carbocycles. The molecule has 0 saturated heterocycles. The average Bonchev–Trinajstić information content (AvgIpc) is 2.72. The first-order valence-corrected chi connectivity index (χ1v) is 11.0. The van der Waals surface area contributed by atoms with E-state index in [0.717, 1.165) is 22.3 Å². The van der Waals surface area contributed by atoms with Crippen LogP contribution in [0.3, 0.4) is 0 Å². The monoisotopic (exact) mass is 462 g/mol. The summed E-state index contributed by atoms with van der Waals surface area (Å²) in [4.78, 5) is 11.5. The van der Waals surface area contributed by atoms with Gasteiger partial charge in [-0.05, 0) is 69.4 Å². The molecule has 2 rings (SSSR count). The largest absolute Gasteiger partial charge is 0.494 e. The maximum absolute atomic E-state index is 14.0. The van der Waals surface area contributed by atoms with E-state index in [1.165, 1.54) is 13.0 Å². The van der Waals surface area contributed by atoms with E-state index in [-0.39, 0.29) is 18.1 Å². The molecular weight excluding hydrogens is 431 g/mol. The molecule has 0 fully saturated rings. The molecular formula is C26H32ClFO4. The minimum absolute atomic E-state index is 0.120. The van der Waals surface area contributed by atoms with E-state index in [9.17, 15) is 9.18 Å². The van der Waals surface area contributed by atoms with Crippen molar-refractivity contribution in [3.8, 4) is 11.5 Å². The van der Waals surface area contributed by atoms with Gasteiger partial charge in [0.25, 0.3) is 0 Å². The summed E-state index contributed by atoms with van der Waals surface area (Å²) in [6, 6.07) is 2.02. The van der Waals surface area contributed by atoms with Crippen LogP contribution in [0.4, 0.5) is 4.39 Å². The fraction of sp³-hybridized carbons (Fsp3) is 0.423. The van der Waals surface area contributed by atoms with Crippen LogP contribution < -0.4 is 9.47 Å². The van der Waals surface area contributed by atoms with Crippen LogP contribution in [-0.2, 0) is 9.53 Å². The molecule has 0 amide bonds. The summed E-state index contributed by atoms with van der Waals surface area (Å²) in [6.07, 6.45) is 7.13. The molecule has 1 aromatic rings. The fourth-order valence-corrected chi connectivity index (χ4v) is 3.82. The minimum Gasteiger partial charge on any atom is -0.494 e. The molecule has 0 atom stereocenters. The van der Waals surface area contributed by atoms with Crippen molar-refractivity contribution in [3.63, 3.8) is 0 Å². The van der Waals surface area contributed by atoms with E-state index in [1.807, 2.05) is 32.9 Å². The van der Waals surface area contributed by atoms with Gasteiger partial charge in [0, 0.05) is 11.1 Å². The van der Waals surface area contributed by atoms with Crippen LogP contribution >= 0.6 is 11.6 Å². The lowest BCUT2D eigenvalue weighted by atomic mass is 9.86. The maximum Gasteiger partial charge on any atom is 0.367 e. The third-order valence-corrected chi connectivity index (χ3v) is 5.44. The highest BCUT2D eigenvalue weighted by Crippen LogP contribution is 2.49. The quantitative estimate of drug-likeness (QED) is 0.242. The SMILES string of the molecule is CCOC(=O)\C(F)=C(C)/C=C/C=C(\C)c1cc2c(c(Cl)c1OC)OC(C)(C)C=C2C(C)C. The van der Waals surface area contributed by atoms with Crippen molar-refractivity contribution in [2.24, 2.45) is 5.92 Å². The molecule has 1 aliphatic heterocycles. The molecule has 6 heteroatoms. The molecule has 1 heterocycles. The van der Waals surface area contributed by atoms with Crippen molar-refractivity contribution < 1.29 is 23.4 Å². The van der Waals surface area contributed by atoms with Crippen LogP contribution in [0.25, 0.3) is 11.1 Å². The lowest BCUT2D eigenvalue weighted by Gasteiger charge is -2.34. The van der Waals surface area contributed by atoms with E-state index in [4.69, 9.17) is 25.8 Å². The number of allylic oxidation sites excluding steroid dienone is 6. The topological polar surface area (TPSA) is 44.8 Å². The number of carbonyl (C=O) groups is 1.